The van der Waals surface area contributed by atoms with Crippen LogP contribution in [0.3, 0.4) is 0 Å². The minimum Gasteiger partial charge on any atom is -0.298 e. The first-order chi connectivity index (χ1) is 12.1. The predicted molar refractivity (Wildman–Crippen MR) is 93.9 cm³/mol. The Bertz CT molecular complexity index is 948. The summed E-state index contributed by atoms with van der Waals surface area (Å²) in [6, 6.07) is 11.4. The summed E-state index contributed by atoms with van der Waals surface area (Å²) in [5, 5.41) is 2.89. The highest BCUT2D eigenvalue weighted by Gasteiger charge is 2.22. The van der Waals surface area contributed by atoms with Crippen LogP contribution in [-0.4, -0.2) is 10.9 Å². The molecule has 6 heteroatoms. The monoisotopic (exact) mass is 356 g/mol. The number of aromatic nitrogens is 1. The maximum absolute atomic E-state index is 13.8. The van der Waals surface area contributed by atoms with Gasteiger partial charge in [-0.1, -0.05) is 30.3 Å². The molecule has 0 aliphatic heterocycles. The molecule has 0 unspecified atom stereocenters. The van der Waals surface area contributed by atoms with Crippen LogP contribution in [0.25, 0.3) is 11.3 Å². The zero-order valence-electron chi connectivity index (χ0n) is 13.2. The normalized spacial score (nSPS) is 12.9. The molecule has 1 N–H and O–H groups in total. The van der Waals surface area contributed by atoms with Gasteiger partial charge in [-0.25, -0.2) is 13.8 Å². The zero-order chi connectivity index (χ0) is 17.4. The highest BCUT2D eigenvalue weighted by molar-refractivity contribution is 7.16. The number of hydrogen-bond donors (Lipinski definition) is 1. The number of carbonyl (C=O) groups is 1. The van der Waals surface area contributed by atoms with E-state index in [-0.39, 0.29) is 0 Å². The Hall–Kier alpha value is -2.60. The van der Waals surface area contributed by atoms with Crippen molar-refractivity contribution in [2.45, 2.75) is 19.3 Å². The molecule has 1 heterocycles. The van der Waals surface area contributed by atoms with Gasteiger partial charge in [0.25, 0.3) is 5.91 Å². The van der Waals surface area contributed by atoms with Crippen molar-refractivity contribution in [3.63, 3.8) is 0 Å². The molecule has 0 fully saturated rings. The molecule has 4 rings (SSSR count). The molecule has 0 bridgehead atoms. The molecule has 0 saturated carbocycles. The third-order valence-corrected chi connectivity index (χ3v) is 5.26. The summed E-state index contributed by atoms with van der Waals surface area (Å²) in [5.41, 5.74) is 2.55. The summed E-state index contributed by atoms with van der Waals surface area (Å²) < 4.78 is 27.5. The topological polar surface area (TPSA) is 42.0 Å². The maximum Gasteiger partial charge on any atom is 0.263 e. The fourth-order valence-corrected chi connectivity index (χ4v) is 4.08. The van der Waals surface area contributed by atoms with E-state index in [9.17, 15) is 13.6 Å². The van der Waals surface area contributed by atoms with E-state index in [1.165, 1.54) is 23.0 Å². The largest absolute Gasteiger partial charge is 0.298 e. The molecule has 2 aromatic carbocycles. The van der Waals surface area contributed by atoms with Gasteiger partial charge in [0.1, 0.15) is 17.2 Å². The molecule has 0 atom stereocenters. The summed E-state index contributed by atoms with van der Waals surface area (Å²) in [7, 11) is 0. The number of carbonyl (C=O) groups excluding carboxylic acids is 1. The van der Waals surface area contributed by atoms with E-state index in [1.54, 1.807) is 0 Å². The van der Waals surface area contributed by atoms with Crippen molar-refractivity contribution in [3.8, 4) is 11.3 Å². The second-order valence-electron chi connectivity index (χ2n) is 5.85. The Morgan fingerprint density at radius 3 is 2.60 bits per heavy atom. The predicted octanol–water partition coefficient (Wildman–Crippen LogP) is 4.83. The van der Waals surface area contributed by atoms with Gasteiger partial charge in [0.2, 0.25) is 0 Å². The molecule has 1 aliphatic rings. The van der Waals surface area contributed by atoms with Gasteiger partial charge >= 0.3 is 0 Å². The molecule has 3 nitrogen and oxygen atoms in total. The fourth-order valence-electron chi connectivity index (χ4n) is 3.07. The molecule has 126 valence electrons. The molecular formula is C19H14F2N2OS. The number of aryl methyl sites for hydroxylation is 2. The Morgan fingerprint density at radius 2 is 1.80 bits per heavy atom. The second kappa shape index (κ2) is 6.37. The number of benzene rings is 2. The Balaban J connectivity index is 1.68. The Labute approximate surface area is 147 Å². The van der Waals surface area contributed by atoms with Crippen molar-refractivity contribution in [1.82, 2.24) is 4.98 Å². The summed E-state index contributed by atoms with van der Waals surface area (Å²) in [6.45, 7) is 0. The highest BCUT2D eigenvalue weighted by Crippen LogP contribution is 2.37. The quantitative estimate of drug-likeness (QED) is 0.715. The van der Waals surface area contributed by atoms with Crippen molar-refractivity contribution >= 4 is 22.4 Å². The van der Waals surface area contributed by atoms with Crippen LogP contribution in [0.2, 0.25) is 0 Å². The van der Waals surface area contributed by atoms with Crippen LogP contribution in [0.4, 0.5) is 13.9 Å². The number of nitrogens with one attached hydrogen (secondary N) is 1. The van der Waals surface area contributed by atoms with Gasteiger partial charge < -0.3 is 0 Å². The van der Waals surface area contributed by atoms with E-state index < -0.39 is 23.1 Å². The van der Waals surface area contributed by atoms with E-state index >= 15 is 0 Å². The number of fused-ring (bicyclic) bond motifs is 3. The van der Waals surface area contributed by atoms with Crippen LogP contribution < -0.4 is 5.32 Å². The van der Waals surface area contributed by atoms with Crippen molar-refractivity contribution < 1.29 is 13.6 Å². The summed E-state index contributed by atoms with van der Waals surface area (Å²) in [5.74, 6) is -2.60. The smallest absolute Gasteiger partial charge is 0.263 e. The third-order valence-electron chi connectivity index (χ3n) is 4.23. The van der Waals surface area contributed by atoms with Crippen LogP contribution in [0, 0.1) is 11.6 Å². The van der Waals surface area contributed by atoms with Gasteiger partial charge in [0, 0.05) is 10.4 Å². The molecule has 3 aromatic rings. The van der Waals surface area contributed by atoms with Crippen molar-refractivity contribution in [3.05, 3.63) is 70.1 Å². The Morgan fingerprint density at radius 1 is 1.04 bits per heavy atom. The van der Waals surface area contributed by atoms with Crippen LogP contribution >= 0.6 is 11.3 Å². The van der Waals surface area contributed by atoms with Crippen LogP contribution in [0.1, 0.15) is 27.2 Å². The number of anilines is 1. The molecular weight excluding hydrogens is 342 g/mol. The second-order valence-corrected chi connectivity index (χ2v) is 6.94. The van der Waals surface area contributed by atoms with Gasteiger partial charge in [-0.3, -0.25) is 10.1 Å². The molecule has 25 heavy (non-hydrogen) atoms. The minimum absolute atomic E-state index is 0.356. The van der Waals surface area contributed by atoms with Crippen molar-refractivity contribution in [2.75, 3.05) is 5.32 Å². The lowest BCUT2D eigenvalue weighted by molar-refractivity contribution is 0.101. The van der Waals surface area contributed by atoms with Gasteiger partial charge in [-0.15, -0.1) is 11.3 Å². The van der Waals surface area contributed by atoms with Crippen LogP contribution in [0.15, 0.2) is 42.5 Å². The average molecular weight is 356 g/mol. The van der Waals surface area contributed by atoms with Crippen LogP contribution in [0.5, 0.6) is 0 Å². The third kappa shape index (κ3) is 2.93. The van der Waals surface area contributed by atoms with Crippen LogP contribution in [-0.2, 0) is 12.8 Å². The minimum atomic E-state index is -0.888. The molecule has 1 amide bonds. The maximum atomic E-state index is 13.8. The number of amides is 1. The van der Waals surface area contributed by atoms with E-state index in [0.717, 1.165) is 47.5 Å². The summed E-state index contributed by atoms with van der Waals surface area (Å²) in [4.78, 5) is 17.9. The van der Waals surface area contributed by atoms with Gasteiger partial charge in [-0.05, 0) is 37.0 Å². The van der Waals surface area contributed by atoms with E-state index in [1.807, 2.05) is 18.2 Å². The van der Waals surface area contributed by atoms with Gasteiger partial charge in [-0.2, -0.15) is 0 Å². The van der Waals surface area contributed by atoms with Gasteiger partial charge in [0.05, 0.1) is 5.69 Å². The Kier molecular flexibility index (Phi) is 4.05. The lowest BCUT2D eigenvalue weighted by Crippen LogP contribution is -2.15. The molecule has 0 saturated heterocycles. The molecule has 1 aromatic heterocycles. The molecule has 0 spiro atoms. The first kappa shape index (κ1) is 15.9. The van der Waals surface area contributed by atoms with Gasteiger partial charge in [0.15, 0.2) is 5.13 Å². The first-order valence-corrected chi connectivity index (χ1v) is 8.78. The van der Waals surface area contributed by atoms with E-state index in [4.69, 9.17) is 0 Å². The molecule has 1 aliphatic carbocycles. The standard InChI is InChI=1S/C19H14F2N2OS/c20-13-8-4-9-14(21)16(13)18(24)23-19-22-17-12-7-2-1-5-11(12)6-3-10-15(17)25-19/h1-2,4-5,7-9H,3,6,10H2,(H,22,23,24). The summed E-state index contributed by atoms with van der Waals surface area (Å²) in [6.07, 6.45) is 2.86. The van der Waals surface area contributed by atoms with E-state index in [2.05, 4.69) is 16.4 Å². The lowest BCUT2D eigenvalue weighted by atomic mass is 10.0. The fraction of sp³-hybridized carbons (Fsp3) is 0.158. The number of halogens is 2. The van der Waals surface area contributed by atoms with Crippen molar-refractivity contribution in [2.24, 2.45) is 0 Å². The first-order valence-electron chi connectivity index (χ1n) is 7.97. The number of rotatable bonds is 2. The lowest BCUT2D eigenvalue weighted by Gasteiger charge is -2.05. The van der Waals surface area contributed by atoms with E-state index in [0.29, 0.717) is 5.13 Å². The average Bonchev–Trinajstić information content (AvgIpc) is 2.89. The molecule has 0 radical (unpaired) electrons. The highest BCUT2D eigenvalue weighted by atomic mass is 32.1. The van der Waals surface area contributed by atoms with Crippen molar-refractivity contribution in [1.29, 1.82) is 0 Å². The zero-order valence-corrected chi connectivity index (χ0v) is 14.0. The number of thiazole rings is 1. The summed E-state index contributed by atoms with van der Waals surface area (Å²) >= 11 is 1.36. The number of nitrogens with zero attached hydrogens (tertiary/aromatic N) is 1. The SMILES string of the molecule is O=C(Nc1nc2c(s1)CCCc1ccccc1-2)c1c(F)cccc1F. The number of hydrogen-bond acceptors (Lipinski definition) is 3.